The summed E-state index contributed by atoms with van der Waals surface area (Å²) in [5.41, 5.74) is 0.522. The number of rotatable bonds is 10. The van der Waals surface area contributed by atoms with Crippen LogP contribution in [0.2, 0.25) is 0 Å². The molecule has 0 radical (unpaired) electrons. The molecule has 2 aromatic carbocycles. The fourth-order valence-electron chi connectivity index (χ4n) is 3.06. The predicted molar refractivity (Wildman–Crippen MR) is 126 cm³/mol. The number of hydrogen-bond donors (Lipinski definition) is 1. The van der Waals surface area contributed by atoms with Crippen molar-refractivity contribution < 1.29 is 22.4 Å². The lowest BCUT2D eigenvalue weighted by atomic mass is 10.1. The summed E-state index contributed by atoms with van der Waals surface area (Å²) in [6.45, 7) is 3.38. The Balaban J connectivity index is 2.38. The highest BCUT2D eigenvalue weighted by atomic mass is 79.9. The van der Waals surface area contributed by atoms with E-state index in [1.54, 1.807) is 19.1 Å². The molecule has 32 heavy (non-hydrogen) atoms. The predicted octanol–water partition coefficient (Wildman–Crippen LogP) is 3.30. The van der Waals surface area contributed by atoms with Gasteiger partial charge in [0, 0.05) is 17.6 Å². The minimum Gasteiger partial charge on any atom is -0.354 e. The number of benzene rings is 2. The fraction of sp³-hybridized carbons (Fsp3) is 0.364. The Kier molecular flexibility index (Phi) is 9.21. The minimum atomic E-state index is -3.97. The molecule has 0 fully saturated rings. The molecule has 0 saturated heterocycles. The summed E-state index contributed by atoms with van der Waals surface area (Å²) < 4.78 is 40.6. The van der Waals surface area contributed by atoms with Crippen molar-refractivity contribution in [2.24, 2.45) is 0 Å². The fourth-order valence-corrected chi connectivity index (χ4v) is 4.36. The average molecular weight is 528 g/mol. The Morgan fingerprint density at radius 3 is 2.44 bits per heavy atom. The summed E-state index contributed by atoms with van der Waals surface area (Å²) >= 11 is 3.38. The standard InChI is InChI=1S/C22H27BrFN3O4S/c1-4-12-25-22(29)16(2)26(14-17-8-7-9-18(23)13-17)21(28)15-27(32(3,30)31)20-11-6-5-10-19(20)24/h5-11,13,16H,4,12,14-15H2,1-3H3,(H,25,29)/t16-/m1/s1. The maximum absolute atomic E-state index is 14.3. The number of carbonyl (C=O) groups excluding carboxylic acids is 2. The summed E-state index contributed by atoms with van der Waals surface area (Å²) in [6.07, 6.45) is 1.63. The van der Waals surface area contributed by atoms with Crippen molar-refractivity contribution in [2.45, 2.75) is 32.9 Å². The highest BCUT2D eigenvalue weighted by molar-refractivity contribution is 9.10. The van der Waals surface area contributed by atoms with Crippen LogP contribution in [0.4, 0.5) is 10.1 Å². The van der Waals surface area contributed by atoms with Gasteiger partial charge in [0.15, 0.2) is 0 Å². The first-order valence-electron chi connectivity index (χ1n) is 10.1. The van der Waals surface area contributed by atoms with Crippen molar-refractivity contribution in [3.63, 3.8) is 0 Å². The highest BCUT2D eigenvalue weighted by Crippen LogP contribution is 2.22. The van der Waals surface area contributed by atoms with Crippen LogP contribution >= 0.6 is 15.9 Å². The largest absolute Gasteiger partial charge is 0.354 e. The molecule has 0 aliphatic rings. The van der Waals surface area contributed by atoms with Crippen LogP contribution in [0.5, 0.6) is 0 Å². The normalized spacial score (nSPS) is 12.2. The van der Waals surface area contributed by atoms with E-state index in [0.29, 0.717) is 6.54 Å². The second-order valence-corrected chi connectivity index (χ2v) is 10.2. The summed E-state index contributed by atoms with van der Waals surface area (Å²) in [5, 5.41) is 2.76. The third kappa shape index (κ3) is 7.03. The van der Waals surface area contributed by atoms with Crippen LogP contribution < -0.4 is 9.62 Å². The van der Waals surface area contributed by atoms with Gasteiger partial charge in [0.05, 0.1) is 11.9 Å². The number of amides is 2. The second-order valence-electron chi connectivity index (χ2n) is 7.34. The van der Waals surface area contributed by atoms with Crippen LogP contribution in [0.3, 0.4) is 0 Å². The third-order valence-electron chi connectivity index (χ3n) is 4.76. The van der Waals surface area contributed by atoms with Crippen molar-refractivity contribution in [3.05, 3.63) is 64.4 Å². The van der Waals surface area contributed by atoms with Crippen molar-refractivity contribution in [1.82, 2.24) is 10.2 Å². The van der Waals surface area contributed by atoms with Crippen molar-refractivity contribution in [3.8, 4) is 0 Å². The maximum atomic E-state index is 14.3. The van der Waals surface area contributed by atoms with Crippen LogP contribution in [0.1, 0.15) is 25.8 Å². The van der Waals surface area contributed by atoms with E-state index in [0.717, 1.165) is 33.1 Å². The van der Waals surface area contributed by atoms with Crippen LogP contribution in [-0.4, -0.2) is 50.5 Å². The first-order valence-corrected chi connectivity index (χ1v) is 12.7. The molecule has 0 aliphatic carbocycles. The second kappa shape index (κ2) is 11.4. The molecule has 2 aromatic rings. The monoisotopic (exact) mass is 527 g/mol. The lowest BCUT2D eigenvalue weighted by Crippen LogP contribution is -2.51. The molecule has 10 heteroatoms. The van der Waals surface area contributed by atoms with E-state index >= 15 is 0 Å². The van der Waals surface area contributed by atoms with Gasteiger partial charge in [0.25, 0.3) is 0 Å². The van der Waals surface area contributed by atoms with Crippen LogP contribution in [0.25, 0.3) is 0 Å². The molecule has 1 N–H and O–H groups in total. The van der Waals surface area contributed by atoms with Crippen molar-refractivity contribution in [1.29, 1.82) is 0 Å². The number of hydrogen-bond acceptors (Lipinski definition) is 4. The van der Waals surface area contributed by atoms with E-state index in [1.807, 2.05) is 19.1 Å². The number of sulfonamides is 1. The topological polar surface area (TPSA) is 86.8 Å². The number of nitrogens with zero attached hydrogens (tertiary/aromatic N) is 2. The van der Waals surface area contributed by atoms with E-state index in [2.05, 4.69) is 21.2 Å². The number of carbonyl (C=O) groups is 2. The van der Waals surface area contributed by atoms with Crippen molar-refractivity contribution >= 4 is 43.5 Å². The molecule has 0 bridgehead atoms. The zero-order chi connectivity index (χ0) is 23.9. The molecule has 2 rings (SSSR count). The zero-order valence-corrected chi connectivity index (χ0v) is 20.6. The molecule has 0 unspecified atom stereocenters. The van der Waals surface area contributed by atoms with Crippen LogP contribution in [0.15, 0.2) is 53.0 Å². The molecule has 0 heterocycles. The smallest absolute Gasteiger partial charge is 0.244 e. The van der Waals surface area contributed by atoms with E-state index < -0.39 is 34.3 Å². The summed E-state index contributed by atoms with van der Waals surface area (Å²) in [6, 6.07) is 11.7. The van der Waals surface area contributed by atoms with E-state index in [1.165, 1.54) is 23.1 Å². The van der Waals surface area contributed by atoms with Gasteiger partial charge in [-0.2, -0.15) is 0 Å². The van der Waals surface area contributed by atoms with Gasteiger partial charge in [0.1, 0.15) is 18.4 Å². The van der Waals surface area contributed by atoms with E-state index in [4.69, 9.17) is 0 Å². The maximum Gasteiger partial charge on any atom is 0.244 e. The van der Waals surface area contributed by atoms with Crippen LogP contribution in [-0.2, 0) is 26.2 Å². The van der Waals surface area contributed by atoms with Gasteiger partial charge < -0.3 is 10.2 Å². The van der Waals surface area contributed by atoms with Gasteiger partial charge in [-0.05, 0) is 43.2 Å². The first kappa shape index (κ1) is 25.8. The summed E-state index contributed by atoms with van der Waals surface area (Å²) in [5.74, 6) is -1.75. The minimum absolute atomic E-state index is 0.0772. The zero-order valence-electron chi connectivity index (χ0n) is 18.2. The number of nitrogens with one attached hydrogen (secondary N) is 1. The quantitative estimate of drug-likeness (QED) is 0.513. The van der Waals surface area contributed by atoms with Gasteiger partial charge in [-0.15, -0.1) is 0 Å². The molecule has 2 amide bonds. The lowest BCUT2D eigenvalue weighted by Gasteiger charge is -2.31. The molecule has 7 nitrogen and oxygen atoms in total. The molecule has 174 valence electrons. The Labute approximate surface area is 196 Å². The van der Waals surface area contributed by atoms with E-state index in [9.17, 15) is 22.4 Å². The molecule has 0 aliphatic heterocycles. The third-order valence-corrected chi connectivity index (χ3v) is 6.38. The Hall–Kier alpha value is -2.46. The Morgan fingerprint density at radius 2 is 1.84 bits per heavy atom. The average Bonchev–Trinajstić information content (AvgIpc) is 2.73. The highest BCUT2D eigenvalue weighted by Gasteiger charge is 2.30. The van der Waals surface area contributed by atoms with Gasteiger partial charge in [-0.1, -0.05) is 47.1 Å². The molecule has 0 aromatic heterocycles. The van der Waals surface area contributed by atoms with Gasteiger partial charge in [-0.3, -0.25) is 13.9 Å². The number of para-hydroxylation sites is 1. The first-order chi connectivity index (χ1) is 15.0. The van der Waals surface area contributed by atoms with Gasteiger partial charge in [0.2, 0.25) is 21.8 Å². The van der Waals surface area contributed by atoms with Gasteiger partial charge in [-0.25, -0.2) is 12.8 Å². The molecular weight excluding hydrogens is 501 g/mol. The van der Waals surface area contributed by atoms with Crippen molar-refractivity contribution in [2.75, 3.05) is 23.7 Å². The van der Waals surface area contributed by atoms with Crippen LogP contribution in [0, 0.1) is 5.82 Å². The SMILES string of the molecule is CCCNC(=O)[C@@H](C)N(Cc1cccc(Br)c1)C(=O)CN(c1ccccc1F)S(C)(=O)=O. The summed E-state index contributed by atoms with van der Waals surface area (Å²) in [7, 11) is -3.97. The Bertz CT molecular complexity index is 1060. The molecule has 0 saturated carbocycles. The number of halogens is 2. The molecule has 0 spiro atoms. The molecular formula is C22H27BrFN3O4S. The van der Waals surface area contributed by atoms with E-state index in [-0.39, 0.29) is 18.1 Å². The summed E-state index contributed by atoms with van der Waals surface area (Å²) in [4.78, 5) is 27.2. The lowest BCUT2D eigenvalue weighted by molar-refractivity contribution is -0.139. The number of anilines is 1. The van der Waals surface area contributed by atoms with Gasteiger partial charge >= 0.3 is 0 Å². The Morgan fingerprint density at radius 1 is 1.16 bits per heavy atom. The molecule has 1 atom stereocenters.